The van der Waals surface area contributed by atoms with Crippen LogP contribution in [-0.2, 0) is 0 Å². The van der Waals surface area contributed by atoms with Gasteiger partial charge < -0.3 is 24.7 Å². The van der Waals surface area contributed by atoms with Crippen LogP contribution in [0.4, 0.5) is 0 Å². The minimum Gasteiger partial charge on any atom is -0.493 e. The zero-order valence-corrected chi connectivity index (χ0v) is 17.8. The van der Waals surface area contributed by atoms with Crippen LogP contribution in [0.2, 0.25) is 0 Å². The van der Waals surface area contributed by atoms with E-state index in [2.05, 4.69) is 6.07 Å². The number of nitriles is 1. The Morgan fingerprint density at radius 2 is 1.77 bits per heavy atom. The van der Waals surface area contributed by atoms with E-state index in [0.29, 0.717) is 35.2 Å². The maximum atomic E-state index is 9.90. The maximum absolute atomic E-state index is 9.90. The molecule has 0 aromatic heterocycles. The maximum Gasteiger partial charge on any atom is 0.205 e. The second-order valence-corrected chi connectivity index (χ2v) is 7.23. The molecule has 0 spiro atoms. The second-order valence-electron chi connectivity index (χ2n) is 7.23. The van der Waals surface area contributed by atoms with Crippen LogP contribution in [0, 0.1) is 11.3 Å². The summed E-state index contributed by atoms with van der Waals surface area (Å²) in [7, 11) is 3.16. The fraction of sp³-hybridized carbons (Fsp3) is 0.240. The minimum absolute atomic E-state index is 0.0978. The fourth-order valence-electron chi connectivity index (χ4n) is 3.94. The molecule has 158 valence electrons. The van der Waals surface area contributed by atoms with Crippen LogP contribution in [-0.4, -0.2) is 20.8 Å². The molecular formula is C25H24N2O4. The lowest BCUT2D eigenvalue weighted by atomic mass is 9.82. The summed E-state index contributed by atoms with van der Waals surface area (Å²) in [5.41, 5.74) is 8.21. The quantitative estimate of drug-likeness (QED) is 0.617. The first-order chi connectivity index (χ1) is 15.1. The van der Waals surface area contributed by atoms with E-state index in [9.17, 15) is 5.26 Å². The van der Waals surface area contributed by atoms with Crippen LogP contribution in [0.5, 0.6) is 23.0 Å². The average molecular weight is 416 g/mol. The van der Waals surface area contributed by atoms with Crippen LogP contribution in [0.3, 0.4) is 0 Å². The molecule has 0 bridgehead atoms. The lowest BCUT2D eigenvalue weighted by Crippen LogP contribution is -2.21. The number of nitrogens with two attached hydrogens (primary N) is 1. The number of benzene rings is 3. The predicted octanol–water partition coefficient (Wildman–Crippen LogP) is 4.86. The zero-order valence-electron chi connectivity index (χ0n) is 17.8. The van der Waals surface area contributed by atoms with Crippen molar-refractivity contribution in [2.75, 3.05) is 20.8 Å². The first-order valence-corrected chi connectivity index (χ1v) is 10.1. The summed E-state index contributed by atoms with van der Waals surface area (Å²) in [6, 6.07) is 17.9. The molecule has 1 aliphatic heterocycles. The summed E-state index contributed by atoms with van der Waals surface area (Å²) in [4.78, 5) is 0. The van der Waals surface area contributed by atoms with Crippen molar-refractivity contribution in [2.24, 2.45) is 5.73 Å². The van der Waals surface area contributed by atoms with E-state index in [1.165, 1.54) is 0 Å². The van der Waals surface area contributed by atoms with Crippen molar-refractivity contribution in [3.8, 4) is 29.1 Å². The summed E-state index contributed by atoms with van der Waals surface area (Å²) in [6.45, 7) is 2.57. The molecule has 1 heterocycles. The van der Waals surface area contributed by atoms with Gasteiger partial charge in [-0.1, -0.05) is 43.3 Å². The molecule has 31 heavy (non-hydrogen) atoms. The number of methoxy groups -OCH3 is 2. The molecule has 1 unspecified atom stereocenters. The molecule has 0 fully saturated rings. The topological polar surface area (TPSA) is 86.7 Å². The van der Waals surface area contributed by atoms with Crippen LogP contribution in [0.1, 0.15) is 30.4 Å². The van der Waals surface area contributed by atoms with Gasteiger partial charge in [-0.05, 0) is 29.5 Å². The Bertz CT molecular complexity index is 1180. The Morgan fingerprint density at radius 3 is 2.42 bits per heavy atom. The van der Waals surface area contributed by atoms with E-state index >= 15 is 0 Å². The highest BCUT2D eigenvalue weighted by atomic mass is 16.5. The van der Waals surface area contributed by atoms with Crippen LogP contribution < -0.4 is 24.7 Å². The van der Waals surface area contributed by atoms with Crippen LogP contribution in [0.15, 0.2) is 60.0 Å². The molecular weight excluding hydrogens is 392 g/mol. The molecule has 0 aliphatic carbocycles. The van der Waals surface area contributed by atoms with Gasteiger partial charge in [-0.3, -0.25) is 0 Å². The third-order valence-corrected chi connectivity index (χ3v) is 5.37. The highest BCUT2D eigenvalue weighted by molar-refractivity contribution is 5.91. The molecule has 0 radical (unpaired) electrons. The molecule has 3 aromatic rings. The van der Waals surface area contributed by atoms with E-state index in [-0.39, 0.29) is 5.88 Å². The van der Waals surface area contributed by atoms with Crippen molar-refractivity contribution in [3.63, 3.8) is 0 Å². The van der Waals surface area contributed by atoms with E-state index in [4.69, 9.17) is 24.7 Å². The predicted molar refractivity (Wildman–Crippen MR) is 119 cm³/mol. The molecule has 0 amide bonds. The summed E-state index contributed by atoms with van der Waals surface area (Å²) in [6.07, 6.45) is 0.853. The molecule has 3 aromatic carbocycles. The molecule has 1 atom stereocenters. The number of hydrogen-bond acceptors (Lipinski definition) is 6. The number of allylic oxidation sites excluding steroid dienone is 1. The number of hydrogen-bond donors (Lipinski definition) is 1. The molecule has 0 saturated heterocycles. The van der Waals surface area contributed by atoms with Gasteiger partial charge in [0.05, 0.1) is 26.7 Å². The molecule has 2 N–H and O–H groups in total. The highest BCUT2D eigenvalue weighted by Crippen LogP contribution is 2.48. The van der Waals surface area contributed by atoms with Crippen molar-refractivity contribution < 1.29 is 18.9 Å². The number of rotatable bonds is 6. The zero-order chi connectivity index (χ0) is 22.0. The van der Waals surface area contributed by atoms with Gasteiger partial charge in [-0.2, -0.15) is 5.26 Å². The normalized spacial score (nSPS) is 15.1. The SMILES string of the molecule is CCCOc1c(OC)cc(C2C(C#N)=C(N)Oc3c2ccc2ccccc32)cc1OC. The molecule has 0 saturated carbocycles. The summed E-state index contributed by atoms with van der Waals surface area (Å²) >= 11 is 0. The first-order valence-electron chi connectivity index (χ1n) is 10.1. The van der Waals surface area contributed by atoms with Gasteiger partial charge in [0.25, 0.3) is 0 Å². The third kappa shape index (κ3) is 3.49. The van der Waals surface area contributed by atoms with Gasteiger partial charge in [-0.25, -0.2) is 0 Å². The summed E-state index contributed by atoms with van der Waals surface area (Å²) in [5.74, 6) is 1.93. The summed E-state index contributed by atoms with van der Waals surface area (Å²) in [5, 5.41) is 11.9. The Balaban J connectivity index is 1.95. The van der Waals surface area contributed by atoms with E-state index in [1.807, 2.05) is 55.5 Å². The van der Waals surface area contributed by atoms with Gasteiger partial charge >= 0.3 is 0 Å². The number of nitrogens with zero attached hydrogens (tertiary/aromatic N) is 1. The molecule has 4 rings (SSSR count). The van der Waals surface area contributed by atoms with Crippen molar-refractivity contribution in [1.82, 2.24) is 0 Å². The van der Waals surface area contributed by atoms with E-state index < -0.39 is 5.92 Å². The van der Waals surface area contributed by atoms with Crippen molar-refractivity contribution in [2.45, 2.75) is 19.3 Å². The Kier molecular flexibility index (Phi) is 5.59. The van der Waals surface area contributed by atoms with Crippen LogP contribution >= 0.6 is 0 Å². The van der Waals surface area contributed by atoms with Crippen molar-refractivity contribution >= 4 is 10.8 Å². The Morgan fingerprint density at radius 1 is 1.06 bits per heavy atom. The summed E-state index contributed by atoms with van der Waals surface area (Å²) < 4.78 is 23.0. The Labute approximate surface area is 181 Å². The van der Waals surface area contributed by atoms with Gasteiger partial charge in [-0.15, -0.1) is 0 Å². The van der Waals surface area contributed by atoms with Gasteiger partial charge in [0.15, 0.2) is 11.5 Å². The first kappa shape index (κ1) is 20.4. The number of fused-ring (bicyclic) bond motifs is 3. The lowest BCUT2D eigenvalue weighted by Gasteiger charge is -2.28. The smallest absolute Gasteiger partial charge is 0.205 e. The van der Waals surface area contributed by atoms with Crippen LogP contribution in [0.25, 0.3) is 10.8 Å². The van der Waals surface area contributed by atoms with Gasteiger partial charge in [0.2, 0.25) is 11.6 Å². The second kappa shape index (κ2) is 8.49. The molecule has 1 aliphatic rings. The largest absolute Gasteiger partial charge is 0.493 e. The molecule has 6 heteroatoms. The van der Waals surface area contributed by atoms with E-state index in [0.717, 1.165) is 28.3 Å². The highest BCUT2D eigenvalue weighted by Gasteiger charge is 2.33. The fourth-order valence-corrected chi connectivity index (χ4v) is 3.94. The minimum atomic E-state index is -0.429. The Hall–Kier alpha value is -3.85. The standard InChI is InChI=1S/C25H24N2O4/c1-4-11-30-24-20(28-2)12-16(13-21(24)29-3)22-18-10-9-15-7-5-6-8-17(15)23(18)31-25(27)19(22)14-26/h5-10,12-13,22H,4,11,27H2,1-3H3. The van der Waals surface area contributed by atoms with Gasteiger partial charge in [0.1, 0.15) is 17.4 Å². The molecule has 6 nitrogen and oxygen atoms in total. The van der Waals surface area contributed by atoms with E-state index in [1.54, 1.807) is 14.2 Å². The van der Waals surface area contributed by atoms with Crippen molar-refractivity contribution in [3.05, 3.63) is 71.1 Å². The van der Waals surface area contributed by atoms with Gasteiger partial charge in [0, 0.05) is 10.9 Å². The number of ether oxygens (including phenoxy) is 4. The average Bonchev–Trinajstić information content (AvgIpc) is 2.81. The monoisotopic (exact) mass is 416 g/mol. The lowest BCUT2D eigenvalue weighted by molar-refractivity contribution is 0.274. The third-order valence-electron chi connectivity index (χ3n) is 5.37. The van der Waals surface area contributed by atoms with Crippen molar-refractivity contribution in [1.29, 1.82) is 5.26 Å².